The summed E-state index contributed by atoms with van der Waals surface area (Å²) in [5.41, 5.74) is 5.74. The quantitative estimate of drug-likeness (QED) is 0.652. The Labute approximate surface area is 174 Å². The number of amides is 1. The number of morpholine rings is 1. The number of nitrogens with one attached hydrogen (secondary N) is 2. The molecule has 4 rings (SSSR count). The number of carbonyl (C=O) groups excluding carboxylic acids is 1. The fourth-order valence-corrected chi connectivity index (χ4v) is 4.20. The number of aryl methyl sites for hydroxylation is 2. The summed E-state index contributed by atoms with van der Waals surface area (Å²) in [6.45, 7) is 7.27. The first-order chi connectivity index (χ1) is 14.1. The third-order valence-corrected chi connectivity index (χ3v) is 5.87. The Morgan fingerprint density at radius 2 is 2.10 bits per heavy atom. The lowest BCUT2D eigenvalue weighted by Crippen LogP contribution is -2.38. The summed E-state index contributed by atoms with van der Waals surface area (Å²) < 4.78 is 5.48. The van der Waals surface area contributed by atoms with Crippen LogP contribution in [0.1, 0.15) is 27.3 Å². The van der Waals surface area contributed by atoms with Crippen molar-refractivity contribution in [2.45, 2.75) is 20.3 Å². The largest absolute Gasteiger partial charge is 0.378 e. The van der Waals surface area contributed by atoms with E-state index in [4.69, 9.17) is 9.72 Å². The van der Waals surface area contributed by atoms with E-state index >= 15 is 0 Å². The summed E-state index contributed by atoms with van der Waals surface area (Å²) in [5, 5.41) is 14.4. The van der Waals surface area contributed by atoms with E-state index in [1.54, 1.807) is 11.3 Å². The van der Waals surface area contributed by atoms with Crippen molar-refractivity contribution < 1.29 is 9.53 Å². The number of carbonyl (C=O) groups is 1. The van der Waals surface area contributed by atoms with E-state index in [1.807, 2.05) is 37.4 Å². The van der Waals surface area contributed by atoms with Crippen LogP contribution in [0.15, 0.2) is 29.0 Å². The molecule has 0 bridgehead atoms. The summed E-state index contributed by atoms with van der Waals surface area (Å²) >= 11 is 1.64. The van der Waals surface area contributed by atoms with E-state index in [-0.39, 0.29) is 5.91 Å². The first kappa shape index (κ1) is 19.6. The minimum atomic E-state index is -0.102. The summed E-state index contributed by atoms with van der Waals surface area (Å²) in [6, 6.07) is 5.85. The zero-order valence-corrected chi connectivity index (χ0v) is 17.5. The number of aromatic amines is 1. The van der Waals surface area contributed by atoms with Gasteiger partial charge in [-0.25, -0.2) is 4.98 Å². The number of pyridine rings is 1. The number of anilines is 1. The molecule has 0 atom stereocenters. The highest BCUT2D eigenvalue weighted by Crippen LogP contribution is 2.26. The third-order valence-electron chi connectivity index (χ3n) is 5.19. The molecule has 1 aliphatic rings. The van der Waals surface area contributed by atoms with E-state index in [0.717, 1.165) is 53.5 Å². The lowest BCUT2D eigenvalue weighted by atomic mass is 10.1. The first-order valence-electron chi connectivity index (χ1n) is 9.78. The standard InChI is InChI=1S/C21H25N5O2S/c1-14-17(15(2)25-24-14)5-7-22-21(27)18-3-4-19(16-6-12-29-13-16)23-20(18)26-8-10-28-11-9-26/h3-4,6,12-13H,5,7-11H2,1-2H3,(H,22,27)(H,24,25). The van der Waals surface area contributed by atoms with Gasteiger partial charge in [-0.15, -0.1) is 0 Å². The molecular weight excluding hydrogens is 386 g/mol. The van der Waals surface area contributed by atoms with Gasteiger partial charge in [0.2, 0.25) is 0 Å². The molecule has 2 N–H and O–H groups in total. The molecule has 3 aromatic rings. The van der Waals surface area contributed by atoms with Gasteiger partial charge in [-0.2, -0.15) is 16.4 Å². The second kappa shape index (κ2) is 8.75. The maximum Gasteiger partial charge on any atom is 0.255 e. The number of hydrogen-bond acceptors (Lipinski definition) is 6. The fraction of sp³-hybridized carbons (Fsp3) is 0.381. The summed E-state index contributed by atoms with van der Waals surface area (Å²) in [6.07, 6.45) is 0.743. The number of rotatable bonds is 6. The van der Waals surface area contributed by atoms with Crippen LogP contribution in [0, 0.1) is 13.8 Å². The van der Waals surface area contributed by atoms with E-state index in [2.05, 4.69) is 25.8 Å². The Morgan fingerprint density at radius 1 is 1.28 bits per heavy atom. The normalized spacial score (nSPS) is 14.2. The smallest absolute Gasteiger partial charge is 0.255 e. The summed E-state index contributed by atoms with van der Waals surface area (Å²) in [5.74, 6) is 0.625. The van der Waals surface area contributed by atoms with Gasteiger partial charge in [0.15, 0.2) is 0 Å². The SMILES string of the molecule is Cc1n[nH]c(C)c1CCNC(=O)c1ccc(-c2ccsc2)nc1N1CCOCC1. The molecule has 152 valence electrons. The van der Waals surface area contributed by atoms with Crippen LogP contribution in [0.25, 0.3) is 11.3 Å². The van der Waals surface area contributed by atoms with Gasteiger partial charge < -0.3 is 15.0 Å². The lowest BCUT2D eigenvalue weighted by Gasteiger charge is -2.29. The molecule has 29 heavy (non-hydrogen) atoms. The average molecular weight is 412 g/mol. The van der Waals surface area contributed by atoms with Gasteiger partial charge in [0.05, 0.1) is 30.2 Å². The van der Waals surface area contributed by atoms with Gasteiger partial charge in [0, 0.05) is 36.3 Å². The third kappa shape index (κ3) is 4.33. The van der Waals surface area contributed by atoms with Gasteiger partial charge in [-0.1, -0.05) is 0 Å². The van der Waals surface area contributed by atoms with Gasteiger partial charge in [-0.05, 0) is 49.4 Å². The number of aromatic nitrogens is 3. The number of nitrogens with zero attached hydrogens (tertiary/aromatic N) is 3. The molecule has 7 nitrogen and oxygen atoms in total. The molecule has 0 aromatic carbocycles. The van der Waals surface area contributed by atoms with E-state index < -0.39 is 0 Å². The highest BCUT2D eigenvalue weighted by Gasteiger charge is 2.21. The van der Waals surface area contributed by atoms with Crippen molar-refractivity contribution in [3.63, 3.8) is 0 Å². The van der Waals surface area contributed by atoms with Gasteiger partial charge in [0.1, 0.15) is 5.82 Å². The number of H-pyrrole nitrogens is 1. The Kier molecular flexibility index (Phi) is 5.92. The van der Waals surface area contributed by atoms with Crippen molar-refractivity contribution in [1.82, 2.24) is 20.5 Å². The average Bonchev–Trinajstić information content (AvgIpc) is 3.40. The second-order valence-corrected chi connectivity index (χ2v) is 7.88. The van der Waals surface area contributed by atoms with Gasteiger partial charge >= 0.3 is 0 Å². The minimum Gasteiger partial charge on any atom is -0.378 e. The number of ether oxygens (including phenoxy) is 1. The summed E-state index contributed by atoms with van der Waals surface area (Å²) in [7, 11) is 0. The highest BCUT2D eigenvalue weighted by molar-refractivity contribution is 7.08. The monoisotopic (exact) mass is 411 g/mol. The van der Waals surface area contributed by atoms with Crippen molar-refractivity contribution in [1.29, 1.82) is 0 Å². The van der Waals surface area contributed by atoms with Crippen molar-refractivity contribution >= 4 is 23.1 Å². The van der Waals surface area contributed by atoms with Crippen LogP contribution in [-0.2, 0) is 11.2 Å². The zero-order chi connectivity index (χ0) is 20.2. The van der Waals surface area contributed by atoms with Crippen molar-refractivity contribution in [3.8, 4) is 11.3 Å². The molecule has 0 saturated carbocycles. The maximum atomic E-state index is 13.0. The van der Waals surface area contributed by atoms with E-state index in [9.17, 15) is 4.79 Å². The van der Waals surface area contributed by atoms with E-state index in [1.165, 1.54) is 0 Å². The number of thiophene rings is 1. The predicted octanol–water partition coefficient (Wildman–Crippen LogP) is 2.96. The first-order valence-corrected chi connectivity index (χ1v) is 10.7. The molecule has 0 aliphatic carbocycles. The predicted molar refractivity (Wildman–Crippen MR) is 115 cm³/mol. The molecule has 8 heteroatoms. The Hall–Kier alpha value is -2.71. The molecule has 1 amide bonds. The lowest BCUT2D eigenvalue weighted by molar-refractivity contribution is 0.0952. The Morgan fingerprint density at radius 3 is 2.79 bits per heavy atom. The van der Waals surface area contributed by atoms with Crippen LogP contribution in [0.5, 0.6) is 0 Å². The molecule has 1 fully saturated rings. The zero-order valence-electron chi connectivity index (χ0n) is 16.7. The maximum absolute atomic E-state index is 13.0. The van der Waals surface area contributed by atoms with Crippen molar-refractivity contribution in [2.75, 3.05) is 37.7 Å². The van der Waals surface area contributed by atoms with Gasteiger partial charge in [-0.3, -0.25) is 9.89 Å². The van der Waals surface area contributed by atoms with Crippen LogP contribution in [0.3, 0.4) is 0 Å². The molecule has 1 aliphatic heterocycles. The van der Waals surface area contributed by atoms with Crippen LogP contribution >= 0.6 is 11.3 Å². The molecular formula is C21H25N5O2S. The second-order valence-electron chi connectivity index (χ2n) is 7.10. The van der Waals surface area contributed by atoms with Gasteiger partial charge in [0.25, 0.3) is 5.91 Å². The molecule has 3 aromatic heterocycles. The Balaban J connectivity index is 1.53. The van der Waals surface area contributed by atoms with Crippen LogP contribution < -0.4 is 10.2 Å². The molecule has 0 unspecified atom stereocenters. The van der Waals surface area contributed by atoms with Crippen LogP contribution in [0.2, 0.25) is 0 Å². The molecule has 0 radical (unpaired) electrons. The molecule has 0 spiro atoms. The molecule has 4 heterocycles. The highest BCUT2D eigenvalue weighted by atomic mass is 32.1. The number of hydrogen-bond donors (Lipinski definition) is 2. The van der Waals surface area contributed by atoms with Crippen LogP contribution in [0.4, 0.5) is 5.82 Å². The molecule has 1 saturated heterocycles. The Bertz CT molecular complexity index is 958. The van der Waals surface area contributed by atoms with Crippen LogP contribution in [-0.4, -0.2) is 53.9 Å². The van der Waals surface area contributed by atoms with Crippen molar-refractivity contribution in [2.24, 2.45) is 0 Å². The van der Waals surface area contributed by atoms with Crippen molar-refractivity contribution in [3.05, 3.63) is 51.5 Å². The summed E-state index contributed by atoms with van der Waals surface area (Å²) in [4.78, 5) is 20.0. The topological polar surface area (TPSA) is 83.1 Å². The fourth-order valence-electron chi connectivity index (χ4n) is 3.55. The van der Waals surface area contributed by atoms with E-state index in [0.29, 0.717) is 25.3 Å². The minimum absolute atomic E-state index is 0.102.